The molecule has 1 unspecified atom stereocenters. The fraction of sp³-hybridized carbons (Fsp3) is 0.647. The number of aliphatic hydroxyl groups excluding tert-OH is 1. The van der Waals surface area contributed by atoms with Gasteiger partial charge in [-0.3, -0.25) is 0 Å². The van der Waals surface area contributed by atoms with Crippen LogP contribution in [-0.2, 0) is 20.6 Å². The van der Waals surface area contributed by atoms with E-state index < -0.39 is 6.10 Å². The van der Waals surface area contributed by atoms with Crippen molar-refractivity contribution in [3.8, 4) is 0 Å². The van der Waals surface area contributed by atoms with Gasteiger partial charge in [0.2, 0.25) is 0 Å². The monoisotopic (exact) mass is 296 g/mol. The summed E-state index contributed by atoms with van der Waals surface area (Å²) in [5.74, 6) is 0.641. The van der Waals surface area contributed by atoms with Gasteiger partial charge in [0.1, 0.15) is 6.10 Å². The van der Waals surface area contributed by atoms with Crippen LogP contribution in [0.2, 0.25) is 0 Å². The van der Waals surface area contributed by atoms with Crippen molar-refractivity contribution in [1.82, 2.24) is 0 Å². The Labute approximate surface area is 128 Å². The molecule has 0 radical (unpaired) electrons. The van der Waals surface area contributed by atoms with Crippen LogP contribution in [0.5, 0.6) is 0 Å². The van der Waals surface area contributed by atoms with Gasteiger partial charge in [-0.2, -0.15) is 0 Å². The lowest BCUT2D eigenvalue weighted by molar-refractivity contribution is -0.00590. The summed E-state index contributed by atoms with van der Waals surface area (Å²) in [6.07, 6.45) is 0.475. The molecule has 120 valence electrons. The SMILES string of the molecule is COCCOCCOCC(O)c1ccc(CC(C)C)cc1. The van der Waals surface area contributed by atoms with Gasteiger partial charge in [-0.05, 0) is 23.5 Å². The summed E-state index contributed by atoms with van der Waals surface area (Å²) >= 11 is 0. The second-order valence-electron chi connectivity index (χ2n) is 5.54. The Balaban J connectivity index is 2.21. The maximum Gasteiger partial charge on any atom is 0.102 e. The number of methoxy groups -OCH3 is 1. The van der Waals surface area contributed by atoms with Crippen LogP contribution >= 0.6 is 0 Å². The molecule has 1 N–H and O–H groups in total. The minimum Gasteiger partial charge on any atom is -0.386 e. The molecule has 0 spiro atoms. The van der Waals surface area contributed by atoms with Crippen LogP contribution in [0, 0.1) is 5.92 Å². The average Bonchev–Trinajstić information content (AvgIpc) is 2.46. The predicted molar refractivity (Wildman–Crippen MR) is 83.5 cm³/mol. The molecule has 4 nitrogen and oxygen atoms in total. The molecule has 1 aromatic rings. The number of hydrogen-bond donors (Lipinski definition) is 1. The highest BCUT2D eigenvalue weighted by Gasteiger charge is 2.08. The maximum atomic E-state index is 10.0. The summed E-state index contributed by atoms with van der Waals surface area (Å²) in [5, 5.41) is 10.0. The highest BCUT2D eigenvalue weighted by molar-refractivity contribution is 5.24. The first-order valence-corrected chi connectivity index (χ1v) is 7.54. The third-order valence-electron chi connectivity index (χ3n) is 3.09. The normalized spacial score (nSPS) is 12.8. The molecule has 4 heteroatoms. The van der Waals surface area contributed by atoms with Crippen molar-refractivity contribution >= 4 is 0 Å². The summed E-state index contributed by atoms with van der Waals surface area (Å²) < 4.78 is 15.6. The summed E-state index contributed by atoms with van der Waals surface area (Å²) in [4.78, 5) is 0. The summed E-state index contributed by atoms with van der Waals surface area (Å²) in [5.41, 5.74) is 2.19. The highest BCUT2D eigenvalue weighted by atomic mass is 16.5. The summed E-state index contributed by atoms with van der Waals surface area (Å²) in [6.45, 7) is 6.84. The van der Waals surface area contributed by atoms with Crippen molar-refractivity contribution < 1.29 is 19.3 Å². The van der Waals surface area contributed by atoms with Gasteiger partial charge in [-0.15, -0.1) is 0 Å². The van der Waals surface area contributed by atoms with E-state index in [-0.39, 0.29) is 6.61 Å². The molecule has 0 aromatic heterocycles. The van der Waals surface area contributed by atoms with E-state index in [1.165, 1.54) is 5.56 Å². The van der Waals surface area contributed by atoms with Gasteiger partial charge < -0.3 is 19.3 Å². The van der Waals surface area contributed by atoms with Crippen molar-refractivity contribution in [1.29, 1.82) is 0 Å². The van der Waals surface area contributed by atoms with E-state index in [9.17, 15) is 5.11 Å². The third kappa shape index (κ3) is 8.17. The minimum absolute atomic E-state index is 0.289. The molecule has 0 fully saturated rings. The van der Waals surface area contributed by atoms with Crippen LogP contribution in [0.25, 0.3) is 0 Å². The molecule has 0 aliphatic carbocycles. The predicted octanol–water partition coefficient (Wildman–Crippen LogP) is 2.60. The van der Waals surface area contributed by atoms with Crippen molar-refractivity contribution in [3.63, 3.8) is 0 Å². The Morgan fingerprint density at radius 2 is 1.57 bits per heavy atom. The lowest BCUT2D eigenvalue weighted by Gasteiger charge is -2.13. The Kier molecular flexibility index (Phi) is 9.26. The van der Waals surface area contributed by atoms with Crippen LogP contribution in [0.4, 0.5) is 0 Å². The standard InChI is InChI=1S/C17H28O4/c1-14(2)12-15-4-6-16(7-5-15)17(18)13-21-11-10-20-9-8-19-3/h4-7,14,17-18H,8-13H2,1-3H3. The van der Waals surface area contributed by atoms with Crippen LogP contribution < -0.4 is 0 Å². The summed E-state index contributed by atoms with van der Waals surface area (Å²) in [6, 6.07) is 8.10. The lowest BCUT2D eigenvalue weighted by Crippen LogP contribution is -2.12. The van der Waals surface area contributed by atoms with Gasteiger partial charge >= 0.3 is 0 Å². The second-order valence-corrected chi connectivity index (χ2v) is 5.54. The molecule has 1 rings (SSSR count). The Morgan fingerprint density at radius 3 is 2.19 bits per heavy atom. The fourth-order valence-corrected chi connectivity index (χ4v) is 2.00. The highest BCUT2D eigenvalue weighted by Crippen LogP contribution is 2.16. The van der Waals surface area contributed by atoms with Gasteiger partial charge in [0.05, 0.1) is 33.0 Å². The lowest BCUT2D eigenvalue weighted by atomic mass is 10.0. The number of rotatable bonds is 11. The van der Waals surface area contributed by atoms with Crippen molar-refractivity contribution in [2.45, 2.75) is 26.4 Å². The maximum absolute atomic E-state index is 10.0. The van der Waals surface area contributed by atoms with Crippen LogP contribution in [0.15, 0.2) is 24.3 Å². The quantitative estimate of drug-likeness (QED) is 0.638. The van der Waals surface area contributed by atoms with Crippen LogP contribution in [-0.4, -0.2) is 45.3 Å². The van der Waals surface area contributed by atoms with Gasteiger partial charge in [0.15, 0.2) is 0 Å². The average molecular weight is 296 g/mol. The smallest absolute Gasteiger partial charge is 0.102 e. The summed E-state index contributed by atoms with van der Waals surface area (Å²) in [7, 11) is 1.64. The molecule has 1 atom stereocenters. The Hall–Kier alpha value is -0.940. The van der Waals surface area contributed by atoms with Crippen molar-refractivity contribution in [3.05, 3.63) is 35.4 Å². The molecule has 0 amide bonds. The molecule has 21 heavy (non-hydrogen) atoms. The van der Waals surface area contributed by atoms with E-state index in [2.05, 4.69) is 26.0 Å². The molecule has 0 saturated heterocycles. The van der Waals surface area contributed by atoms with Gasteiger partial charge in [-0.25, -0.2) is 0 Å². The zero-order chi connectivity index (χ0) is 15.5. The van der Waals surface area contributed by atoms with Crippen molar-refractivity contribution in [2.75, 3.05) is 40.1 Å². The van der Waals surface area contributed by atoms with Gasteiger partial charge in [0.25, 0.3) is 0 Å². The largest absolute Gasteiger partial charge is 0.386 e. The molecule has 1 aromatic carbocycles. The zero-order valence-electron chi connectivity index (χ0n) is 13.4. The van der Waals surface area contributed by atoms with Gasteiger partial charge in [0, 0.05) is 7.11 Å². The molecular formula is C17H28O4. The van der Waals surface area contributed by atoms with E-state index in [4.69, 9.17) is 14.2 Å². The Morgan fingerprint density at radius 1 is 0.952 bits per heavy atom. The van der Waals surface area contributed by atoms with E-state index >= 15 is 0 Å². The third-order valence-corrected chi connectivity index (χ3v) is 3.09. The minimum atomic E-state index is -0.586. The number of ether oxygens (including phenoxy) is 3. The first-order valence-electron chi connectivity index (χ1n) is 7.54. The molecule has 0 aliphatic rings. The zero-order valence-corrected chi connectivity index (χ0v) is 13.4. The topological polar surface area (TPSA) is 47.9 Å². The number of hydrogen-bond acceptors (Lipinski definition) is 4. The fourth-order valence-electron chi connectivity index (χ4n) is 2.00. The van der Waals surface area contributed by atoms with Crippen molar-refractivity contribution in [2.24, 2.45) is 5.92 Å². The van der Waals surface area contributed by atoms with Crippen LogP contribution in [0.1, 0.15) is 31.1 Å². The second kappa shape index (κ2) is 10.7. The number of aliphatic hydroxyl groups is 1. The van der Waals surface area contributed by atoms with Crippen LogP contribution in [0.3, 0.4) is 0 Å². The van der Waals surface area contributed by atoms with E-state index in [0.29, 0.717) is 32.3 Å². The molecule has 0 saturated carbocycles. The first-order chi connectivity index (χ1) is 10.1. The van der Waals surface area contributed by atoms with E-state index in [1.807, 2.05) is 12.1 Å². The molecule has 0 bridgehead atoms. The molecular weight excluding hydrogens is 268 g/mol. The first kappa shape index (κ1) is 18.1. The molecule has 0 heterocycles. The van der Waals surface area contributed by atoms with Gasteiger partial charge in [-0.1, -0.05) is 38.1 Å². The number of benzene rings is 1. The Bertz CT molecular complexity index is 362. The van der Waals surface area contributed by atoms with E-state index in [0.717, 1.165) is 12.0 Å². The van der Waals surface area contributed by atoms with E-state index in [1.54, 1.807) is 7.11 Å². The molecule has 0 aliphatic heterocycles.